The molecule has 2 aromatic carbocycles. The molecule has 1 N–H and O–H groups in total. The van der Waals surface area contributed by atoms with Crippen molar-refractivity contribution in [3.8, 4) is 0 Å². The molecule has 7 heteroatoms. The first-order valence-corrected chi connectivity index (χ1v) is 7.89. The second-order valence-corrected chi connectivity index (χ2v) is 5.84. The molecule has 5 nitrogen and oxygen atoms in total. The average molecular weight is 355 g/mol. The van der Waals surface area contributed by atoms with Crippen molar-refractivity contribution in [3.05, 3.63) is 65.2 Å². The molecule has 2 aromatic heterocycles. The number of halogens is 2. The Morgan fingerprint density at radius 3 is 2.88 bits per heavy atom. The molecule has 0 atom stereocenters. The van der Waals surface area contributed by atoms with Gasteiger partial charge in [0.2, 0.25) is 0 Å². The Bertz CT molecular complexity index is 1120. The summed E-state index contributed by atoms with van der Waals surface area (Å²) in [4.78, 5) is 8.47. The molecule has 0 bridgehead atoms. The maximum atomic E-state index is 13.2. The number of benzene rings is 2. The standard InChI is InChI=1S/C18H12ClFN4O/c1-10(12-7-6-11(20)8-14(12)19)23-24-18-17-16(21-9-22-18)13-4-2-3-5-15(13)25-17/h2-9H,1H3,(H,21,22,24)/b23-10-. The molecule has 0 aliphatic rings. The first kappa shape index (κ1) is 15.5. The molecule has 0 amide bonds. The van der Waals surface area contributed by atoms with Crippen LogP contribution in [0.4, 0.5) is 10.2 Å². The highest BCUT2D eigenvalue weighted by Gasteiger charge is 2.12. The van der Waals surface area contributed by atoms with Gasteiger partial charge in [0.25, 0.3) is 0 Å². The van der Waals surface area contributed by atoms with Gasteiger partial charge in [-0.15, -0.1) is 0 Å². The van der Waals surface area contributed by atoms with Crippen LogP contribution in [0, 0.1) is 5.82 Å². The lowest BCUT2D eigenvalue weighted by Crippen LogP contribution is -2.02. The minimum Gasteiger partial charge on any atom is -0.450 e. The minimum atomic E-state index is -0.394. The number of nitrogens with zero attached hydrogens (tertiary/aromatic N) is 3. The van der Waals surface area contributed by atoms with Gasteiger partial charge in [0, 0.05) is 10.9 Å². The summed E-state index contributed by atoms with van der Waals surface area (Å²) in [7, 11) is 0. The lowest BCUT2D eigenvalue weighted by atomic mass is 10.1. The third-order valence-electron chi connectivity index (χ3n) is 3.81. The molecule has 0 saturated carbocycles. The quantitative estimate of drug-likeness (QED) is 0.415. The van der Waals surface area contributed by atoms with Crippen molar-refractivity contribution in [1.82, 2.24) is 9.97 Å². The monoisotopic (exact) mass is 354 g/mol. The molecule has 0 aliphatic heterocycles. The van der Waals surface area contributed by atoms with Gasteiger partial charge in [0.15, 0.2) is 11.4 Å². The smallest absolute Gasteiger partial charge is 0.197 e. The first-order chi connectivity index (χ1) is 12.1. The molecular formula is C18H12ClFN4O. The van der Waals surface area contributed by atoms with E-state index in [1.807, 2.05) is 24.3 Å². The maximum Gasteiger partial charge on any atom is 0.197 e. The van der Waals surface area contributed by atoms with E-state index in [0.717, 1.165) is 11.0 Å². The van der Waals surface area contributed by atoms with Crippen LogP contribution in [0.5, 0.6) is 0 Å². The SMILES string of the molecule is C/C(=N/Nc1ncnc2c1oc1ccccc12)c1ccc(F)cc1Cl. The maximum absolute atomic E-state index is 13.2. The number of aromatic nitrogens is 2. The van der Waals surface area contributed by atoms with Gasteiger partial charge >= 0.3 is 0 Å². The molecule has 0 fully saturated rings. The van der Waals surface area contributed by atoms with Crippen LogP contribution in [0.1, 0.15) is 12.5 Å². The van der Waals surface area contributed by atoms with E-state index in [9.17, 15) is 4.39 Å². The molecule has 4 aromatic rings. The lowest BCUT2D eigenvalue weighted by molar-refractivity contribution is 0.628. The Balaban J connectivity index is 1.73. The average Bonchev–Trinajstić information content (AvgIpc) is 2.99. The largest absolute Gasteiger partial charge is 0.450 e. The molecular weight excluding hydrogens is 343 g/mol. The minimum absolute atomic E-state index is 0.291. The summed E-state index contributed by atoms with van der Waals surface area (Å²) in [6.45, 7) is 1.77. The number of hydrogen-bond acceptors (Lipinski definition) is 5. The van der Waals surface area contributed by atoms with Crippen molar-refractivity contribution < 1.29 is 8.81 Å². The predicted molar refractivity (Wildman–Crippen MR) is 96.6 cm³/mol. The highest BCUT2D eigenvalue weighted by atomic mass is 35.5. The van der Waals surface area contributed by atoms with Crippen LogP contribution in [0.15, 0.2) is 58.3 Å². The number of hydrogen-bond donors (Lipinski definition) is 1. The van der Waals surface area contributed by atoms with E-state index in [1.54, 1.807) is 13.0 Å². The molecule has 25 heavy (non-hydrogen) atoms. The molecule has 0 saturated heterocycles. The fraction of sp³-hybridized carbons (Fsp3) is 0.0556. The number of rotatable bonds is 3. The van der Waals surface area contributed by atoms with Gasteiger partial charge in [-0.05, 0) is 37.3 Å². The zero-order valence-corrected chi connectivity index (χ0v) is 13.9. The molecule has 2 heterocycles. The third kappa shape index (κ3) is 2.81. The summed E-state index contributed by atoms with van der Waals surface area (Å²) < 4.78 is 19.0. The van der Waals surface area contributed by atoms with E-state index in [-0.39, 0.29) is 0 Å². The topological polar surface area (TPSA) is 63.3 Å². The highest BCUT2D eigenvalue weighted by molar-refractivity contribution is 6.34. The number of furan rings is 1. The number of nitrogens with one attached hydrogen (secondary N) is 1. The fourth-order valence-electron chi connectivity index (χ4n) is 2.58. The van der Waals surface area contributed by atoms with Crippen molar-refractivity contribution in [2.75, 3.05) is 5.43 Å². The number of fused-ring (bicyclic) bond motifs is 3. The van der Waals surface area contributed by atoms with Crippen LogP contribution in [0.25, 0.3) is 22.1 Å². The number of hydrazone groups is 1. The van der Waals surface area contributed by atoms with E-state index in [2.05, 4.69) is 20.5 Å². The van der Waals surface area contributed by atoms with Crippen LogP contribution in [0.2, 0.25) is 5.02 Å². The Labute approximate surface area is 147 Å². The van der Waals surface area contributed by atoms with Crippen LogP contribution in [-0.4, -0.2) is 15.7 Å². The van der Waals surface area contributed by atoms with E-state index in [1.165, 1.54) is 18.5 Å². The Morgan fingerprint density at radius 2 is 2.04 bits per heavy atom. The zero-order valence-electron chi connectivity index (χ0n) is 13.1. The lowest BCUT2D eigenvalue weighted by Gasteiger charge is -2.05. The van der Waals surface area contributed by atoms with Gasteiger partial charge in [-0.1, -0.05) is 23.7 Å². The van der Waals surface area contributed by atoms with Gasteiger partial charge < -0.3 is 4.42 Å². The predicted octanol–water partition coefficient (Wildman–Crippen LogP) is 5.00. The molecule has 0 unspecified atom stereocenters. The summed E-state index contributed by atoms with van der Waals surface area (Å²) in [5.74, 6) is 0.0491. The van der Waals surface area contributed by atoms with Crippen molar-refractivity contribution in [3.63, 3.8) is 0 Å². The van der Waals surface area contributed by atoms with Crippen LogP contribution in [0.3, 0.4) is 0 Å². The second kappa shape index (κ2) is 6.14. The Hall–Kier alpha value is -2.99. The van der Waals surface area contributed by atoms with E-state index in [4.69, 9.17) is 16.0 Å². The Kier molecular flexibility index (Phi) is 3.82. The van der Waals surface area contributed by atoms with Gasteiger partial charge in [0.05, 0.1) is 10.7 Å². The summed E-state index contributed by atoms with van der Waals surface area (Å²) in [6.07, 6.45) is 1.45. The van der Waals surface area contributed by atoms with Crippen molar-refractivity contribution in [2.24, 2.45) is 5.10 Å². The highest BCUT2D eigenvalue weighted by Crippen LogP contribution is 2.30. The Morgan fingerprint density at radius 1 is 1.20 bits per heavy atom. The summed E-state index contributed by atoms with van der Waals surface area (Å²) in [6, 6.07) is 11.8. The molecule has 0 aliphatic carbocycles. The molecule has 0 spiro atoms. The number of anilines is 1. The third-order valence-corrected chi connectivity index (χ3v) is 4.12. The van der Waals surface area contributed by atoms with Crippen LogP contribution < -0.4 is 5.43 Å². The summed E-state index contributed by atoms with van der Waals surface area (Å²) >= 11 is 6.06. The van der Waals surface area contributed by atoms with Crippen molar-refractivity contribution >= 4 is 45.2 Å². The van der Waals surface area contributed by atoms with E-state index < -0.39 is 5.82 Å². The molecule has 4 rings (SSSR count). The first-order valence-electron chi connectivity index (χ1n) is 7.51. The van der Waals surface area contributed by atoms with Crippen LogP contribution >= 0.6 is 11.6 Å². The molecule has 124 valence electrons. The van der Waals surface area contributed by atoms with Crippen molar-refractivity contribution in [2.45, 2.75) is 6.92 Å². The van der Waals surface area contributed by atoms with Gasteiger partial charge in [-0.2, -0.15) is 5.10 Å². The van der Waals surface area contributed by atoms with Gasteiger partial charge in [0.1, 0.15) is 23.2 Å². The van der Waals surface area contributed by atoms with Crippen LogP contribution in [-0.2, 0) is 0 Å². The fourth-order valence-corrected chi connectivity index (χ4v) is 2.89. The van der Waals surface area contributed by atoms with Crippen molar-refractivity contribution in [1.29, 1.82) is 0 Å². The van der Waals surface area contributed by atoms with Gasteiger partial charge in [-0.25, -0.2) is 14.4 Å². The summed E-state index contributed by atoms with van der Waals surface area (Å²) in [5, 5.41) is 5.48. The summed E-state index contributed by atoms with van der Waals surface area (Å²) in [5.41, 5.74) is 6.05. The van der Waals surface area contributed by atoms with Gasteiger partial charge in [-0.3, -0.25) is 5.43 Å². The van der Waals surface area contributed by atoms with E-state index in [0.29, 0.717) is 33.2 Å². The normalized spacial score (nSPS) is 12.0. The second-order valence-electron chi connectivity index (χ2n) is 5.43. The molecule has 0 radical (unpaired) electrons. The zero-order chi connectivity index (χ0) is 17.4. The number of para-hydroxylation sites is 1. The van der Waals surface area contributed by atoms with E-state index >= 15 is 0 Å².